The van der Waals surface area contributed by atoms with Crippen molar-refractivity contribution in [1.82, 2.24) is 20.1 Å². The zero-order chi connectivity index (χ0) is 17.0. The molecule has 1 N–H and O–H groups in total. The molecule has 0 aliphatic carbocycles. The predicted octanol–water partition coefficient (Wildman–Crippen LogP) is 2.28. The average molecular weight is 351 g/mol. The predicted molar refractivity (Wildman–Crippen MR) is 102 cm³/mol. The maximum absolute atomic E-state index is 5.65. The van der Waals surface area contributed by atoms with Crippen molar-refractivity contribution in [2.24, 2.45) is 0 Å². The van der Waals surface area contributed by atoms with E-state index in [0.29, 0.717) is 0 Å². The van der Waals surface area contributed by atoms with E-state index in [1.807, 2.05) is 12.4 Å². The summed E-state index contributed by atoms with van der Waals surface area (Å²) in [5.41, 5.74) is 1.24. The van der Waals surface area contributed by atoms with Gasteiger partial charge in [-0.3, -0.25) is 9.88 Å². The van der Waals surface area contributed by atoms with E-state index < -0.39 is 0 Å². The number of nitrogens with zero attached hydrogens (tertiary/aromatic N) is 3. The number of ether oxygens (including phenoxy) is 1. The summed E-state index contributed by atoms with van der Waals surface area (Å²) in [7, 11) is 0. The summed E-state index contributed by atoms with van der Waals surface area (Å²) in [4.78, 5) is 8.81. The van der Waals surface area contributed by atoms with E-state index in [2.05, 4.69) is 39.2 Å². The molecule has 134 valence electrons. The molecular formula is C18H30N4OS. The van der Waals surface area contributed by atoms with Crippen LogP contribution in [-0.4, -0.2) is 65.8 Å². The summed E-state index contributed by atoms with van der Waals surface area (Å²) < 4.78 is 5.43. The normalized spacial score (nSPS) is 15.2. The lowest BCUT2D eigenvalue weighted by Crippen LogP contribution is -2.45. The van der Waals surface area contributed by atoms with Gasteiger partial charge in [-0.05, 0) is 36.3 Å². The van der Waals surface area contributed by atoms with Gasteiger partial charge in [0.15, 0.2) is 5.11 Å². The van der Waals surface area contributed by atoms with Gasteiger partial charge in [-0.25, -0.2) is 0 Å². The SMILES string of the molecule is CCCCCNC(=S)N(CCN1CCOCC1)Cc1ccncc1. The second-order valence-corrected chi connectivity index (χ2v) is 6.56. The maximum atomic E-state index is 5.65. The van der Waals surface area contributed by atoms with Crippen molar-refractivity contribution in [1.29, 1.82) is 0 Å². The lowest BCUT2D eigenvalue weighted by atomic mass is 10.2. The molecule has 1 saturated heterocycles. The van der Waals surface area contributed by atoms with E-state index in [9.17, 15) is 0 Å². The number of nitrogens with one attached hydrogen (secondary N) is 1. The van der Waals surface area contributed by atoms with Gasteiger partial charge in [-0.15, -0.1) is 0 Å². The summed E-state index contributed by atoms with van der Waals surface area (Å²) in [6.07, 6.45) is 7.32. The van der Waals surface area contributed by atoms with Crippen LogP contribution in [0.25, 0.3) is 0 Å². The van der Waals surface area contributed by atoms with Crippen molar-refractivity contribution < 1.29 is 4.74 Å². The summed E-state index contributed by atoms with van der Waals surface area (Å²) in [5, 5.41) is 4.28. The molecule has 0 amide bonds. The van der Waals surface area contributed by atoms with E-state index in [1.165, 1.54) is 24.8 Å². The Morgan fingerprint density at radius 1 is 1.29 bits per heavy atom. The molecule has 0 atom stereocenters. The molecule has 0 unspecified atom stereocenters. The Morgan fingerprint density at radius 3 is 2.75 bits per heavy atom. The van der Waals surface area contributed by atoms with E-state index >= 15 is 0 Å². The zero-order valence-corrected chi connectivity index (χ0v) is 15.6. The molecule has 1 fully saturated rings. The third-order valence-corrected chi connectivity index (χ3v) is 4.66. The highest BCUT2D eigenvalue weighted by molar-refractivity contribution is 7.80. The smallest absolute Gasteiger partial charge is 0.169 e. The van der Waals surface area contributed by atoms with E-state index in [4.69, 9.17) is 17.0 Å². The molecule has 0 saturated carbocycles. The van der Waals surface area contributed by atoms with Gasteiger partial charge in [-0.1, -0.05) is 19.8 Å². The molecule has 0 aromatic carbocycles. The minimum absolute atomic E-state index is 0.826. The fourth-order valence-corrected chi connectivity index (χ4v) is 2.99. The van der Waals surface area contributed by atoms with Gasteiger partial charge in [0.25, 0.3) is 0 Å². The van der Waals surface area contributed by atoms with Gasteiger partial charge in [0.05, 0.1) is 13.2 Å². The third-order valence-electron chi connectivity index (χ3n) is 4.26. The Morgan fingerprint density at radius 2 is 2.04 bits per heavy atom. The Kier molecular flexibility index (Phi) is 9.02. The van der Waals surface area contributed by atoms with Crippen molar-refractivity contribution in [3.63, 3.8) is 0 Å². The minimum Gasteiger partial charge on any atom is -0.379 e. The topological polar surface area (TPSA) is 40.6 Å². The van der Waals surface area contributed by atoms with Crippen LogP contribution in [0.15, 0.2) is 24.5 Å². The molecule has 0 radical (unpaired) electrons. The summed E-state index contributed by atoms with van der Waals surface area (Å²) >= 11 is 5.65. The van der Waals surface area contributed by atoms with Crippen molar-refractivity contribution in [3.05, 3.63) is 30.1 Å². The Labute approximate surface area is 151 Å². The molecule has 0 spiro atoms. The van der Waals surface area contributed by atoms with Crippen LogP contribution in [0.4, 0.5) is 0 Å². The van der Waals surface area contributed by atoms with E-state index in [0.717, 1.165) is 57.6 Å². The molecule has 1 aliphatic heterocycles. The molecule has 24 heavy (non-hydrogen) atoms. The molecule has 2 heterocycles. The molecule has 1 aliphatic rings. The maximum Gasteiger partial charge on any atom is 0.169 e. The fraction of sp³-hybridized carbons (Fsp3) is 0.667. The number of morpholine rings is 1. The number of hydrogen-bond acceptors (Lipinski definition) is 4. The third kappa shape index (κ3) is 7.11. The van der Waals surface area contributed by atoms with Crippen LogP contribution in [0.2, 0.25) is 0 Å². The summed E-state index contributed by atoms with van der Waals surface area (Å²) in [6.45, 7) is 9.65. The molecule has 1 aromatic heterocycles. The zero-order valence-electron chi connectivity index (χ0n) is 14.7. The van der Waals surface area contributed by atoms with Crippen molar-refractivity contribution in [2.45, 2.75) is 32.7 Å². The van der Waals surface area contributed by atoms with Crippen LogP contribution in [0.3, 0.4) is 0 Å². The van der Waals surface area contributed by atoms with Crippen LogP contribution in [0.1, 0.15) is 31.7 Å². The van der Waals surface area contributed by atoms with Gasteiger partial charge >= 0.3 is 0 Å². The van der Waals surface area contributed by atoms with E-state index in [1.54, 1.807) is 0 Å². The van der Waals surface area contributed by atoms with Crippen molar-refractivity contribution >= 4 is 17.3 Å². The highest BCUT2D eigenvalue weighted by Gasteiger charge is 2.14. The number of rotatable bonds is 9. The standard InChI is InChI=1S/C18H30N4OS/c1-2-3-4-7-20-18(24)22(16-17-5-8-19-9-6-17)11-10-21-12-14-23-15-13-21/h5-6,8-9H,2-4,7,10-16H2,1H3,(H,20,24). The second-order valence-electron chi connectivity index (χ2n) is 6.17. The van der Waals surface area contributed by atoms with Crippen molar-refractivity contribution in [3.8, 4) is 0 Å². The van der Waals surface area contributed by atoms with Gasteiger partial charge in [0, 0.05) is 51.7 Å². The van der Waals surface area contributed by atoms with Crippen LogP contribution in [0, 0.1) is 0 Å². The average Bonchev–Trinajstić information content (AvgIpc) is 2.64. The van der Waals surface area contributed by atoms with Gasteiger partial charge in [0.2, 0.25) is 0 Å². The number of hydrogen-bond donors (Lipinski definition) is 1. The lowest BCUT2D eigenvalue weighted by molar-refractivity contribution is 0.0357. The molecule has 2 rings (SSSR count). The minimum atomic E-state index is 0.826. The monoisotopic (exact) mass is 350 g/mol. The Balaban J connectivity index is 1.85. The van der Waals surface area contributed by atoms with Gasteiger partial charge in [0.1, 0.15) is 0 Å². The highest BCUT2D eigenvalue weighted by atomic mass is 32.1. The summed E-state index contributed by atoms with van der Waals surface area (Å²) in [6, 6.07) is 4.11. The van der Waals surface area contributed by atoms with Crippen LogP contribution >= 0.6 is 12.2 Å². The molecule has 5 nitrogen and oxygen atoms in total. The summed E-state index contributed by atoms with van der Waals surface area (Å²) in [5.74, 6) is 0. The number of pyridine rings is 1. The first-order valence-electron chi connectivity index (χ1n) is 9.01. The van der Waals surface area contributed by atoms with Gasteiger partial charge in [-0.2, -0.15) is 0 Å². The fourth-order valence-electron chi connectivity index (χ4n) is 2.73. The first-order valence-corrected chi connectivity index (χ1v) is 9.42. The largest absolute Gasteiger partial charge is 0.379 e. The van der Waals surface area contributed by atoms with Crippen molar-refractivity contribution in [2.75, 3.05) is 45.9 Å². The number of unbranched alkanes of at least 4 members (excludes halogenated alkanes) is 2. The quantitative estimate of drug-likeness (QED) is 0.544. The van der Waals surface area contributed by atoms with Crippen LogP contribution in [0.5, 0.6) is 0 Å². The second kappa shape index (κ2) is 11.3. The highest BCUT2D eigenvalue weighted by Crippen LogP contribution is 2.06. The van der Waals surface area contributed by atoms with Crippen LogP contribution in [-0.2, 0) is 11.3 Å². The number of aromatic nitrogens is 1. The van der Waals surface area contributed by atoms with Crippen LogP contribution < -0.4 is 5.32 Å². The van der Waals surface area contributed by atoms with E-state index in [-0.39, 0.29) is 0 Å². The Bertz CT molecular complexity index is 465. The Hall–Kier alpha value is -1.24. The molecule has 0 bridgehead atoms. The first kappa shape index (κ1) is 19.1. The first-order chi connectivity index (χ1) is 11.8. The molecule has 6 heteroatoms. The molecular weight excluding hydrogens is 320 g/mol. The lowest BCUT2D eigenvalue weighted by Gasteiger charge is -2.31. The molecule has 1 aromatic rings. The van der Waals surface area contributed by atoms with Gasteiger partial charge < -0.3 is 15.0 Å². The number of thiocarbonyl (C=S) groups is 1.